The van der Waals surface area contributed by atoms with E-state index in [0.717, 1.165) is 5.56 Å². The maximum Gasteiger partial charge on any atom is 0.236 e. The van der Waals surface area contributed by atoms with Crippen molar-refractivity contribution in [2.45, 2.75) is 13.5 Å². The van der Waals surface area contributed by atoms with Gasteiger partial charge in [-0.05, 0) is 24.6 Å². The van der Waals surface area contributed by atoms with E-state index in [1.165, 1.54) is 7.11 Å². The number of hydrogen-bond acceptors (Lipinski definition) is 5. The minimum Gasteiger partial charge on any atom is -0.496 e. The molecule has 1 aromatic carbocycles. The van der Waals surface area contributed by atoms with Gasteiger partial charge in [0.2, 0.25) is 5.91 Å². The topological polar surface area (TPSA) is 100 Å². The molecule has 0 saturated heterocycles. The highest BCUT2D eigenvalue weighted by Crippen LogP contribution is 2.19. The molecule has 7 heteroatoms. The van der Waals surface area contributed by atoms with E-state index in [1.54, 1.807) is 24.1 Å². The quantitative estimate of drug-likeness (QED) is 0.292. The van der Waals surface area contributed by atoms with E-state index in [-0.39, 0.29) is 18.3 Å². The van der Waals surface area contributed by atoms with Gasteiger partial charge in [-0.25, -0.2) is 0 Å². The van der Waals surface area contributed by atoms with E-state index < -0.39 is 0 Å². The lowest BCUT2D eigenvalue weighted by atomic mass is 10.1. The lowest BCUT2D eigenvalue weighted by Gasteiger charge is -2.15. The van der Waals surface area contributed by atoms with E-state index in [0.29, 0.717) is 24.4 Å². The predicted octanol–water partition coefficient (Wildman–Crippen LogP) is 0.358. The molecule has 0 aliphatic heterocycles. The number of carbonyl (C=O) groups excluding carboxylic acids is 1. The molecule has 1 amide bonds. The van der Waals surface area contributed by atoms with Crippen molar-refractivity contribution in [1.82, 2.24) is 10.2 Å². The molecule has 7 nitrogen and oxygen atoms in total. The second kappa shape index (κ2) is 8.11. The van der Waals surface area contributed by atoms with Crippen LogP contribution < -0.4 is 15.8 Å². The fourth-order valence-corrected chi connectivity index (χ4v) is 1.74. The molecule has 21 heavy (non-hydrogen) atoms. The highest BCUT2D eigenvalue weighted by molar-refractivity contribution is 5.99. The smallest absolute Gasteiger partial charge is 0.236 e. The van der Waals surface area contributed by atoms with E-state index in [4.69, 9.17) is 15.7 Å². The van der Waals surface area contributed by atoms with Crippen molar-refractivity contribution in [3.63, 3.8) is 0 Å². The Hall–Kier alpha value is -2.28. The summed E-state index contributed by atoms with van der Waals surface area (Å²) in [5, 5.41) is 14.8. The second-order valence-electron chi connectivity index (χ2n) is 4.53. The third kappa shape index (κ3) is 4.64. The fraction of sp³-hybridized carbons (Fsp3) is 0.429. The molecule has 4 N–H and O–H groups in total. The molecule has 0 spiro atoms. The average Bonchev–Trinajstić information content (AvgIpc) is 2.52. The molecule has 0 radical (unpaired) electrons. The molecular formula is C14H22N4O3. The van der Waals surface area contributed by atoms with Crippen molar-refractivity contribution in [1.29, 1.82) is 0 Å². The number of rotatable bonds is 7. The summed E-state index contributed by atoms with van der Waals surface area (Å²) in [5.41, 5.74) is 7.03. The number of ether oxygens (including phenoxy) is 1. The van der Waals surface area contributed by atoms with Crippen LogP contribution in [0.5, 0.6) is 5.75 Å². The third-order valence-electron chi connectivity index (χ3n) is 3.15. The van der Waals surface area contributed by atoms with E-state index in [2.05, 4.69) is 10.5 Å². The maximum atomic E-state index is 11.7. The van der Waals surface area contributed by atoms with E-state index in [1.807, 2.05) is 13.0 Å². The molecule has 0 aliphatic rings. The van der Waals surface area contributed by atoms with Crippen LogP contribution in [-0.4, -0.2) is 49.1 Å². The number of benzene rings is 1. The van der Waals surface area contributed by atoms with Crippen LogP contribution in [0, 0.1) is 0 Å². The number of amides is 1. The molecule has 0 fully saturated rings. The number of amidine groups is 1. The molecule has 0 atom stereocenters. The number of nitrogens with one attached hydrogen (secondary N) is 1. The van der Waals surface area contributed by atoms with Crippen LogP contribution in [-0.2, 0) is 11.3 Å². The SMILES string of the molecule is CCN(C)C(=O)CNCc1ccc(OC)c(/C(N)=N/O)c1. The van der Waals surface area contributed by atoms with Gasteiger partial charge in [0.15, 0.2) is 5.84 Å². The molecule has 1 aromatic rings. The highest BCUT2D eigenvalue weighted by Gasteiger charge is 2.10. The van der Waals surface area contributed by atoms with Crippen LogP contribution in [0.1, 0.15) is 18.1 Å². The second-order valence-corrected chi connectivity index (χ2v) is 4.53. The van der Waals surface area contributed by atoms with Gasteiger partial charge in [0.25, 0.3) is 0 Å². The predicted molar refractivity (Wildman–Crippen MR) is 80.5 cm³/mol. The standard InChI is InChI=1S/C14H22N4O3/c1-4-18(2)13(19)9-16-8-10-5-6-12(21-3)11(7-10)14(15)17-20/h5-7,16,20H,4,8-9H2,1-3H3,(H2,15,17). The van der Waals surface area contributed by atoms with Gasteiger partial charge in [0, 0.05) is 20.1 Å². The van der Waals surface area contributed by atoms with Crippen LogP contribution in [0.15, 0.2) is 23.4 Å². The van der Waals surface area contributed by atoms with E-state index in [9.17, 15) is 4.79 Å². The summed E-state index contributed by atoms with van der Waals surface area (Å²) in [6.07, 6.45) is 0. The van der Waals surface area contributed by atoms with Gasteiger partial charge in [0.1, 0.15) is 5.75 Å². The van der Waals surface area contributed by atoms with Crippen molar-refractivity contribution in [2.75, 3.05) is 27.2 Å². The zero-order valence-electron chi connectivity index (χ0n) is 12.6. The first-order chi connectivity index (χ1) is 10.0. The van der Waals surface area contributed by atoms with Gasteiger partial charge in [0.05, 0.1) is 19.2 Å². The maximum absolute atomic E-state index is 11.7. The first-order valence-electron chi connectivity index (χ1n) is 6.63. The van der Waals surface area contributed by atoms with E-state index >= 15 is 0 Å². The summed E-state index contributed by atoms with van der Waals surface area (Å²) in [6.45, 7) is 3.36. The van der Waals surface area contributed by atoms with Crippen LogP contribution in [0.2, 0.25) is 0 Å². The third-order valence-corrected chi connectivity index (χ3v) is 3.15. The highest BCUT2D eigenvalue weighted by atomic mass is 16.5. The lowest BCUT2D eigenvalue weighted by Crippen LogP contribution is -2.35. The summed E-state index contributed by atoms with van der Waals surface area (Å²) < 4.78 is 5.16. The number of nitrogens with zero attached hydrogens (tertiary/aromatic N) is 2. The van der Waals surface area contributed by atoms with Gasteiger partial charge in [-0.2, -0.15) is 0 Å². The summed E-state index contributed by atoms with van der Waals surface area (Å²) >= 11 is 0. The van der Waals surface area contributed by atoms with Crippen LogP contribution >= 0.6 is 0 Å². The lowest BCUT2D eigenvalue weighted by molar-refractivity contribution is -0.128. The molecular weight excluding hydrogens is 272 g/mol. The van der Waals surface area contributed by atoms with Gasteiger partial charge in [-0.15, -0.1) is 0 Å². The first kappa shape index (κ1) is 16.8. The Labute approximate surface area is 124 Å². The zero-order chi connectivity index (χ0) is 15.8. The largest absolute Gasteiger partial charge is 0.496 e. The van der Waals surface area contributed by atoms with Crippen molar-refractivity contribution in [3.05, 3.63) is 29.3 Å². The zero-order valence-corrected chi connectivity index (χ0v) is 12.6. The van der Waals surface area contributed by atoms with Crippen molar-refractivity contribution in [2.24, 2.45) is 10.9 Å². The summed E-state index contributed by atoms with van der Waals surface area (Å²) in [5.74, 6) is 0.536. The van der Waals surface area contributed by atoms with Crippen LogP contribution in [0.25, 0.3) is 0 Å². The number of methoxy groups -OCH3 is 1. The number of carbonyl (C=O) groups is 1. The first-order valence-corrected chi connectivity index (χ1v) is 6.63. The Morgan fingerprint density at radius 2 is 2.24 bits per heavy atom. The molecule has 1 rings (SSSR count). The van der Waals surface area contributed by atoms with Crippen molar-refractivity contribution >= 4 is 11.7 Å². The Kier molecular flexibility index (Phi) is 6.48. The number of oxime groups is 1. The van der Waals surface area contributed by atoms with Crippen LogP contribution in [0.4, 0.5) is 0 Å². The molecule has 0 saturated carbocycles. The monoisotopic (exact) mass is 294 g/mol. The molecule has 0 aliphatic carbocycles. The molecule has 0 aromatic heterocycles. The molecule has 116 valence electrons. The van der Waals surface area contributed by atoms with Gasteiger partial charge in [-0.3, -0.25) is 4.79 Å². The van der Waals surface area contributed by atoms with Crippen molar-refractivity contribution < 1.29 is 14.7 Å². The number of likely N-dealkylation sites (N-methyl/N-ethyl adjacent to an activating group) is 1. The number of nitrogens with two attached hydrogens (primary N) is 1. The summed E-state index contributed by atoms with van der Waals surface area (Å²) in [6, 6.07) is 5.35. The Morgan fingerprint density at radius 3 is 2.81 bits per heavy atom. The summed E-state index contributed by atoms with van der Waals surface area (Å²) in [4.78, 5) is 13.3. The average molecular weight is 294 g/mol. The fourth-order valence-electron chi connectivity index (χ4n) is 1.74. The molecule has 0 unspecified atom stereocenters. The Balaban J connectivity index is 2.71. The molecule has 0 heterocycles. The normalized spacial score (nSPS) is 11.3. The minimum absolute atomic E-state index is 0.0181. The Morgan fingerprint density at radius 1 is 1.52 bits per heavy atom. The van der Waals surface area contributed by atoms with Gasteiger partial charge < -0.3 is 25.9 Å². The van der Waals surface area contributed by atoms with Crippen molar-refractivity contribution in [3.8, 4) is 5.75 Å². The Bertz CT molecular complexity index is 517. The van der Waals surface area contributed by atoms with Crippen LogP contribution in [0.3, 0.4) is 0 Å². The summed E-state index contributed by atoms with van der Waals surface area (Å²) in [7, 11) is 3.27. The van der Waals surface area contributed by atoms with Gasteiger partial charge in [-0.1, -0.05) is 11.2 Å². The van der Waals surface area contributed by atoms with Gasteiger partial charge >= 0.3 is 0 Å². The number of hydrogen-bond donors (Lipinski definition) is 3. The molecule has 0 bridgehead atoms. The minimum atomic E-state index is -0.0181.